The first-order valence-corrected chi connectivity index (χ1v) is 13.5. The van der Waals surface area contributed by atoms with Crippen molar-refractivity contribution in [3.63, 3.8) is 0 Å². The minimum atomic E-state index is -2.17. The van der Waals surface area contributed by atoms with Crippen LogP contribution in [0.25, 0.3) is 0 Å². The number of hydrogen-bond donors (Lipinski definition) is 4. The predicted octanol–water partition coefficient (Wildman–Crippen LogP) is 5.23. The molecule has 1 amide bonds. The van der Waals surface area contributed by atoms with Gasteiger partial charge in [0.05, 0.1) is 0 Å². The SMILES string of the molecule is CC(F)F.CNc1cc(N2CCCCCC2)ccc1C(=N)C(=O)NC1CCN(Cc2ccc(O)cc2)CC1. The zero-order chi connectivity index (χ0) is 27.5. The van der Waals surface area contributed by atoms with Crippen LogP contribution in [0.5, 0.6) is 5.75 Å². The van der Waals surface area contributed by atoms with Crippen LogP contribution in [0.3, 0.4) is 0 Å². The van der Waals surface area contributed by atoms with Gasteiger partial charge in [-0.2, -0.15) is 0 Å². The number of carbonyl (C=O) groups is 1. The largest absolute Gasteiger partial charge is 0.508 e. The van der Waals surface area contributed by atoms with Gasteiger partial charge in [0.25, 0.3) is 5.91 Å². The van der Waals surface area contributed by atoms with Crippen molar-refractivity contribution in [1.82, 2.24) is 10.2 Å². The molecule has 4 rings (SSSR count). The minimum absolute atomic E-state index is 0.0123. The second-order valence-corrected chi connectivity index (χ2v) is 9.97. The zero-order valence-corrected chi connectivity index (χ0v) is 22.5. The molecule has 0 spiro atoms. The Kier molecular flexibility index (Phi) is 11.3. The normalized spacial score (nSPS) is 16.8. The van der Waals surface area contributed by atoms with Crippen molar-refractivity contribution >= 4 is 23.0 Å². The van der Waals surface area contributed by atoms with Crippen LogP contribution in [-0.2, 0) is 11.3 Å². The third kappa shape index (κ3) is 8.97. The molecule has 38 heavy (non-hydrogen) atoms. The number of nitrogens with one attached hydrogen (secondary N) is 3. The third-order valence-electron chi connectivity index (χ3n) is 7.01. The van der Waals surface area contributed by atoms with E-state index in [1.165, 1.54) is 31.2 Å². The van der Waals surface area contributed by atoms with Gasteiger partial charge in [0, 0.05) is 62.8 Å². The number of piperidine rings is 1. The molecule has 7 nitrogen and oxygen atoms in total. The summed E-state index contributed by atoms with van der Waals surface area (Å²) < 4.78 is 20.7. The number of benzene rings is 2. The smallest absolute Gasteiger partial charge is 0.270 e. The molecule has 2 aliphatic rings. The van der Waals surface area contributed by atoms with Crippen molar-refractivity contribution in [3.8, 4) is 5.75 Å². The highest BCUT2D eigenvalue weighted by Gasteiger charge is 2.24. The first-order valence-electron chi connectivity index (χ1n) is 13.5. The van der Waals surface area contributed by atoms with Gasteiger partial charge in [-0.25, -0.2) is 8.78 Å². The molecular formula is C29H41F2N5O2. The number of hydrogen-bond acceptors (Lipinski definition) is 6. The summed E-state index contributed by atoms with van der Waals surface area (Å²) in [5, 5.41) is 24.3. The molecule has 2 aromatic carbocycles. The number of alkyl halides is 2. The molecule has 0 radical (unpaired) electrons. The van der Waals surface area contributed by atoms with E-state index in [0.717, 1.165) is 63.9 Å². The first kappa shape index (κ1) is 29.4. The van der Waals surface area contributed by atoms with Crippen molar-refractivity contribution < 1.29 is 18.7 Å². The number of nitrogens with zero attached hydrogens (tertiary/aromatic N) is 2. The number of halogens is 2. The molecule has 0 unspecified atom stereocenters. The van der Waals surface area contributed by atoms with Gasteiger partial charge >= 0.3 is 0 Å². The zero-order valence-electron chi connectivity index (χ0n) is 22.5. The number of likely N-dealkylation sites (tertiary alicyclic amines) is 1. The van der Waals surface area contributed by atoms with Crippen LogP contribution in [0, 0.1) is 5.41 Å². The Balaban J connectivity index is 0.000000934. The van der Waals surface area contributed by atoms with Crippen LogP contribution >= 0.6 is 0 Å². The van der Waals surface area contributed by atoms with Gasteiger partial charge in [-0.1, -0.05) is 25.0 Å². The molecule has 2 fully saturated rings. The van der Waals surface area contributed by atoms with Crippen molar-refractivity contribution in [2.75, 3.05) is 43.4 Å². The molecule has 0 aliphatic carbocycles. The molecule has 0 bridgehead atoms. The van der Waals surface area contributed by atoms with Gasteiger partial charge < -0.3 is 20.6 Å². The van der Waals surface area contributed by atoms with Gasteiger partial charge in [0.1, 0.15) is 11.5 Å². The number of aromatic hydroxyl groups is 1. The quantitative estimate of drug-likeness (QED) is 0.369. The van der Waals surface area contributed by atoms with Gasteiger partial charge in [-0.15, -0.1) is 0 Å². The molecule has 2 saturated heterocycles. The van der Waals surface area contributed by atoms with E-state index >= 15 is 0 Å². The molecule has 0 aromatic heterocycles. The maximum atomic E-state index is 12.9. The van der Waals surface area contributed by atoms with Crippen molar-refractivity contribution in [3.05, 3.63) is 53.6 Å². The summed E-state index contributed by atoms with van der Waals surface area (Å²) in [4.78, 5) is 17.7. The predicted molar refractivity (Wildman–Crippen MR) is 150 cm³/mol. The van der Waals surface area contributed by atoms with Gasteiger partial charge in [-0.3, -0.25) is 15.1 Å². The van der Waals surface area contributed by atoms with E-state index in [2.05, 4.69) is 26.5 Å². The topological polar surface area (TPSA) is 91.7 Å². The number of amides is 1. The summed E-state index contributed by atoms with van der Waals surface area (Å²) in [6.45, 7) is 5.58. The molecular weight excluding hydrogens is 488 g/mol. The number of carbonyl (C=O) groups excluding carboxylic acids is 1. The van der Waals surface area contributed by atoms with Gasteiger partial charge in [-0.05, 0) is 68.5 Å². The first-order chi connectivity index (χ1) is 18.3. The van der Waals surface area contributed by atoms with Crippen molar-refractivity contribution in [1.29, 1.82) is 5.41 Å². The fraction of sp³-hybridized carbons (Fsp3) is 0.517. The van der Waals surface area contributed by atoms with Crippen LogP contribution < -0.4 is 15.5 Å². The van der Waals surface area contributed by atoms with Gasteiger partial charge in [0.15, 0.2) is 0 Å². The van der Waals surface area contributed by atoms with E-state index in [1.807, 2.05) is 31.3 Å². The summed E-state index contributed by atoms with van der Waals surface area (Å²) in [7, 11) is 1.85. The highest BCUT2D eigenvalue weighted by atomic mass is 19.3. The fourth-order valence-corrected chi connectivity index (χ4v) is 4.96. The third-order valence-corrected chi connectivity index (χ3v) is 7.01. The average Bonchev–Trinajstić information content (AvgIpc) is 3.20. The van der Waals surface area contributed by atoms with Crippen LogP contribution in [0.15, 0.2) is 42.5 Å². The summed E-state index contributed by atoms with van der Waals surface area (Å²) in [5.41, 5.74) is 3.81. The molecule has 9 heteroatoms. The highest BCUT2D eigenvalue weighted by molar-refractivity contribution is 6.45. The Hall–Kier alpha value is -3.20. The van der Waals surface area contributed by atoms with E-state index in [0.29, 0.717) is 5.56 Å². The monoisotopic (exact) mass is 529 g/mol. The van der Waals surface area contributed by atoms with E-state index in [-0.39, 0.29) is 23.4 Å². The van der Waals surface area contributed by atoms with Crippen molar-refractivity contribution in [2.24, 2.45) is 0 Å². The number of phenolic OH excluding ortho intramolecular Hbond substituents is 1. The highest BCUT2D eigenvalue weighted by Crippen LogP contribution is 2.26. The molecule has 0 saturated carbocycles. The molecule has 2 aliphatic heterocycles. The number of anilines is 2. The summed E-state index contributed by atoms with van der Waals surface area (Å²) in [5.74, 6) is -0.0263. The standard InChI is InChI=1S/C27H37N5O2.C2H4F2/c1-29-25-18-22(32-14-4-2-3-5-15-32)8-11-24(25)26(28)27(34)30-21-12-16-31(17-13-21)19-20-6-9-23(33)10-7-20;1-2(3)4/h6-11,18,21,28-29,33H,2-5,12-17,19H2,1H3,(H,30,34);2H,1H3. The number of phenols is 1. The van der Waals surface area contributed by atoms with E-state index in [9.17, 15) is 18.7 Å². The number of rotatable bonds is 7. The maximum Gasteiger partial charge on any atom is 0.270 e. The van der Waals surface area contributed by atoms with Crippen LogP contribution in [-0.4, -0.2) is 67.3 Å². The lowest BCUT2D eigenvalue weighted by atomic mass is 10.0. The van der Waals surface area contributed by atoms with Gasteiger partial charge in [0.2, 0.25) is 6.43 Å². The lowest BCUT2D eigenvalue weighted by Crippen LogP contribution is -2.46. The Bertz CT molecular complexity index is 1030. The second kappa shape index (κ2) is 14.7. The summed E-state index contributed by atoms with van der Waals surface area (Å²) >= 11 is 0. The molecule has 2 aromatic rings. The molecule has 208 valence electrons. The Labute approximate surface area is 224 Å². The van der Waals surface area contributed by atoms with Crippen LogP contribution in [0.2, 0.25) is 0 Å². The minimum Gasteiger partial charge on any atom is -0.508 e. The molecule has 0 atom stereocenters. The van der Waals surface area contributed by atoms with Crippen LogP contribution in [0.1, 0.15) is 56.6 Å². The average molecular weight is 530 g/mol. The molecule has 2 heterocycles. The Morgan fingerprint density at radius 2 is 1.63 bits per heavy atom. The molecule has 4 N–H and O–H groups in total. The fourth-order valence-electron chi connectivity index (χ4n) is 4.96. The van der Waals surface area contributed by atoms with Crippen LogP contribution in [0.4, 0.5) is 20.2 Å². The Morgan fingerprint density at radius 1 is 1.03 bits per heavy atom. The van der Waals surface area contributed by atoms with E-state index in [4.69, 9.17) is 5.41 Å². The van der Waals surface area contributed by atoms with Crippen molar-refractivity contribution in [2.45, 2.75) is 64.5 Å². The Morgan fingerprint density at radius 3 is 2.21 bits per heavy atom. The lowest BCUT2D eigenvalue weighted by molar-refractivity contribution is -0.115. The second-order valence-electron chi connectivity index (χ2n) is 9.97. The van der Waals surface area contributed by atoms with E-state index < -0.39 is 6.43 Å². The maximum absolute atomic E-state index is 12.9. The van der Waals surface area contributed by atoms with E-state index in [1.54, 1.807) is 12.1 Å². The summed E-state index contributed by atoms with van der Waals surface area (Å²) in [6.07, 6.45) is 4.56. The lowest BCUT2D eigenvalue weighted by Gasteiger charge is -2.32. The summed E-state index contributed by atoms with van der Waals surface area (Å²) in [6, 6.07) is 13.4.